The molecule has 0 bridgehead atoms. The zero-order valence-corrected chi connectivity index (χ0v) is 12.4. The van der Waals surface area contributed by atoms with Crippen molar-refractivity contribution < 1.29 is 9.16 Å². The van der Waals surface area contributed by atoms with E-state index in [1.54, 1.807) is 6.20 Å². The van der Waals surface area contributed by atoms with E-state index in [9.17, 15) is 0 Å². The Labute approximate surface area is 104 Å². The molecule has 0 amide bonds. The highest BCUT2D eigenvalue weighted by molar-refractivity contribution is 6.74. The van der Waals surface area contributed by atoms with Crippen LogP contribution in [0.3, 0.4) is 0 Å². The maximum Gasteiger partial charge on any atom is 0.212 e. The Morgan fingerprint density at radius 3 is 2.88 bits per heavy atom. The molecule has 0 radical (unpaired) electrons. The minimum atomic E-state index is -1.67. The SMILES string of the molecule is CC(C)(C)[Si](C)(C)OCC1COc2ccnn21. The van der Waals surface area contributed by atoms with Crippen LogP contribution < -0.4 is 4.74 Å². The highest BCUT2D eigenvalue weighted by Gasteiger charge is 2.38. The molecule has 17 heavy (non-hydrogen) atoms. The minimum Gasteiger partial charge on any atom is -0.475 e. The van der Waals surface area contributed by atoms with Crippen LogP contribution in [0.15, 0.2) is 12.3 Å². The summed E-state index contributed by atoms with van der Waals surface area (Å²) in [5.74, 6) is 0.855. The second kappa shape index (κ2) is 4.14. The molecular formula is C12H22N2O2Si. The first-order chi connectivity index (χ1) is 7.81. The van der Waals surface area contributed by atoms with Crippen molar-refractivity contribution in [3.8, 4) is 5.88 Å². The van der Waals surface area contributed by atoms with Gasteiger partial charge in [-0.15, -0.1) is 0 Å². The van der Waals surface area contributed by atoms with Gasteiger partial charge in [0.2, 0.25) is 5.88 Å². The number of hydrogen-bond donors (Lipinski definition) is 0. The van der Waals surface area contributed by atoms with E-state index in [1.807, 2.05) is 10.7 Å². The topological polar surface area (TPSA) is 36.3 Å². The van der Waals surface area contributed by atoms with Gasteiger partial charge in [0.05, 0.1) is 12.8 Å². The summed E-state index contributed by atoms with van der Waals surface area (Å²) in [5, 5.41) is 4.52. The molecule has 0 fully saturated rings. The van der Waals surface area contributed by atoms with E-state index in [0.717, 1.165) is 5.88 Å². The van der Waals surface area contributed by atoms with Crippen molar-refractivity contribution in [2.75, 3.05) is 13.2 Å². The molecule has 2 rings (SSSR count). The Bertz CT molecular complexity index is 395. The molecule has 2 heterocycles. The molecule has 5 heteroatoms. The van der Waals surface area contributed by atoms with Crippen LogP contribution in [0.25, 0.3) is 0 Å². The van der Waals surface area contributed by atoms with Gasteiger partial charge >= 0.3 is 0 Å². The first-order valence-electron chi connectivity index (χ1n) is 6.11. The lowest BCUT2D eigenvalue weighted by atomic mass is 10.2. The minimum absolute atomic E-state index is 0.231. The van der Waals surface area contributed by atoms with Gasteiger partial charge in [-0.25, -0.2) is 4.68 Å². The molecule has 1 unspecified atom stereocenters. The van der Waals surface area contributed by atoms with E-state index in [4.69, 9.17) is 9.16 Å². The van der Waals surface area contributed by atoms with E-state index < -0.39 is 8.32 Å². The van der Waals surface area contributed by atoms with Crippen LogP contribution in [0.5, 0.6) is 5.88 Å². The van der Waals surface area contributed by atoms with E-state index in [1.165, 1.54) is 0 Å². The van der Waals surface area contributed by atoms with Gasteiger partial charge in [0.15, 0.2) is 8.32 Å². The van der Waals surface area contributed by atoms with Gasteiger partial charge in [0, 0.05) is 6.07 Å². The lowest BCUT2D eigenvalue weighted by Crippen LogP contribution is -2.42. The molecule has 0 saturated heterocycles. The molecule has 0 N–H and O–H groups in total. The van der Waals surface area contributed by atoms with E-state index in [2.05, 4.69) is 39.0 Å². The number of fused-ring (bicyclic) bond motifs is 1. The fourth-order valence-corrected chi connectivity index (χ4v) is 2.62. The van der Waals surface area contributed by atoms with E-state index in [-0.39, 0.29) is 11.1 Å². The lowest BCUT2D eigenvalue weighted by molar-refractivity contribution is 0.209. The highest BCUT2D eigenvalue weighted by Crippen LogP contribution is 2.37. The van der Waals surface area contributed by atoms with Crippen LogP contribution in [0.2, 0.25) is 18.1 Å². The van der Waals surface area contributed by atoms with Gasteiger partial charge in [-0.2, -0.15) is 5.10 Å². The second-order valence-corrected chi connectivity index (χ2v) is 11.0. The van der Waals surface area contributed by atoms with Gasteiger partial charge < -0.3 is 9.16 Å². The average Bonchev–Trinajstić information content (AvgIpc) is 2.74. The van der Waals surface area contributed by atoms with Crippen LogP contribution in [0.4, 0.5) is 0 Å². The zero-order chi connectivity index (χ0) is 12.7. The normalized spacial score (nSPS) is 20.2. The van der Waals surface area contributed by atoms with Crippen LogP contribution in [-0.2, 0) is 4.43 Å². The van der Waals surface area contributed by atoms with Crippen LogP contribution in [0, 0.1) is 0 Å². The number of aromatic nitrogens is 2. The summed E-state index contributed by atoms with van der Waals surface area (Å²) in [6, 6.07) is 2.13. The zero-order valence-electron chi connectivity index (χ0n) is 11.4. The molecule has 1 aliphatic rings. The number of rotatable bonds is 3. The maximum atomic E-state index is 6.20. The van der Waals surface area contributed by atoms with Crippen molar-refractivity contribution in [3.05, 3.63) is 12.3 Å². The Morgan fingerprint density at radius 1 is 1.53 bits per heavy atom. The van der Waals surface area contributed by atoms with Crippen molar-refractivity contribution in [2.45, 2.75) is 44.9 Å². The molecule has 0 spiro atoms. The summed E-state index contributed by atoms with van der Waals surface area (Å²) in [7, 11) is -1.67. The smallest absolute Gasteiger partial charge is 0.212 e. The Balaban J connectivity index is 1.97. The molecule has 1 aliphatic heterocycles. The summed E-state index contributed by atoms with van der Waals surface area (Å²) < 4.78 is 13.7. The van der Waals surface area contributed by atoms with E-state index in [0.29, 0.717) is 13.2 Å². The standard InChI is InChI=1S/C12H22N2O2Si/c1-12(2,3)17(4,5)16-9-10-8-15-11-6-7-13-14(10)11/h6-7,10H,8-9H2,1-5H3. The van der Waals surface area contributed by atoms with Gasteiger partial charge in [-0.3, -0.25) is 0 Å². The Kier molecular flexibility index (Phi) is 3.07. The fourth-order valence-electron chi connectivity index (χ4n) is 1.58. The molecule has 1 aromatic heterocycles. The first-order valence-corrected chi connectivity index (χ1v) is 9.02. The summed E-state index contributed by atoms with van der Waals surface area (Å²) in [5.41, 5.74) is 0. The first kappa shape index (κ1) is 12.6. The van der Waals surface area contributed by atoms with Crippen molar-refractivity contribution >= 4 is 8.32 Å². The molecule has 0 aliphatic carbocycles. The van der Waals surface area contributed by atoms with Crippen LogP contribution >= 0.6 is 0 Å². The van der Waals surface area contributed by atoms with Crippen LogP contribution in [-0.4, -0.2) is 31.3 Å². The number of nitrogens with zero attached hydrogens (tertiary/aromatic N) is 2. The third-order valence-electron chi connectivity index (χ3n) is 3.85. The highest BCUT2D eigenvalue weighted by atomic mass is 28.4. The molecule has 1 atom stereocenters. The summed E-state index contributed by atoms with van der Waals surface area (Å²) in [6.45, 7) is 12.7. The largest absolute Gasteiger partial charge is 0.475 e. The van der Waals surface area contributed by atoms with Crippen LogP contribution in [0.1, 0.15) is 26.8 Å². The van der Waals surface area contributed by atoms with Crippen molar-refractivity contribution in [1.82, 2.24) is 9.78 Å². The van der Waals surface area contributed by atoms with Gasteiger partial charge in [0.1, 0.15) is 12.6 Å². The molecule has 4 nitrogen and oxygen atoms in total. The van der Waals surface area contributed by atoms with Crippen molar-refractivity contribution in [1.29, 1.82) is 0 Å². The molecule has 0 aromatic carbocycles. The van der Waals surface area contributed by atoms with Crippen molar-refractivity contribution in [3.63, 3.8) is 0 Å². The molecular weight excluding hydrogens is 232 g/mol. The number of ether oxygens (including phenoxy) is 1. The maximum absolute atomic E-state index is 6.20. The fraction of sp³-hybridized carbons (Fsp3) is 0.750. The van der Waals surface area contributed by atoms with Gasteiger partial charge in [-0.05, 0) is 18.1 Å². The third-order valence-corrected chi connectivity index (χ3v) is 8.35. The quantitative estimate of drug-likeness (QED) is 0.778. The predicted molar refractivity (Wildman–Crippen MR) is 69.9 cm³/mol. The average molecular weight is 254 g/mol. The molecule has 1 aromatic rings. The molecule has 0 saturated carbocycles. The van der Waals surface area contributed by atoms with Crippen molar-refractivity contribution in [2.24, 2.45) is 0 Å². The van der Waals surface area contributed by atoms with Gasteiger partial charge in [-0.1, -0.05) is 20.8 Å². The monoisotopic (exact) mass is 254 g/mol. The Morgan fingerprint density at radius 2 is 2.24 bits per heavy atom. The predicted octanol–water partition coefficient (Wildman–Crippen LogP) is 2.84. The summed E-state index contributed by atoms with van der Waals surface area (Å²) in [6.07, 6.45) is 1.77. The van der Waals surface area contributed by atoms with Gasteiger partial charge in [0.25, 0.3) is 0 Å². The summed E-state index contributed by atoms with van der Waals surface area (Å²) >= 11 is 0. The Hall–Kier alpha value is -0.813. The van der Waals surface area contributed by atoms with E-state index >= 15 is 0 Å². The third kappa shape index (κ3) is 2.40. The number of hydrogen-bond acceptors (Lipinski definition) is 3. The molecule has 96 valence electrons. The summed E-state index contributed by atoms with van der Waals surface area (Å²) in [4.78, 5) is 0. The second-order valence-electron chi connectivity index (χ2n) is 6.15. The lowest BCUT2D eigenvalue weighted by Gasteiger charge is -2.36.